The molecule has 0 saturated carbocycles. The molecule has 1 aliphatic rings. The third kappa shape index (κ3) is 2.90. The maximum absolute atomic E-state index is 12.4. The Hall–Kier alpha value is -2.09. The summed E-state index contributed by atoms with van der Waals surface area (Å²) in [5.41, 5.74) is 1.98. The molecule has 0 saturated heterocycles. The molecule has 0 aliphatic carbocycles. The number of amides is 1. The number of hydrogen-bond acceptors (Lipinski definition) is 4. The van der Waals surface area contributed by atoms with Crippen LogP contribution in [0.5, 0.6) is 0 Å². The van der Waals surface area contributed by atoms with Crippen LogP contribution in [0.3, 0.4) is 0 Å². The molecule has 0 spiro atoms. The number of carbonyl (C=O) groups excluding carboxylic acids is 1. The standard InChI is InChI=1S/C15H19N3O2/c1-10-5-6-17-12-7-11(8-16)9-18(13(10)12)14(19)20-15(2,3)4/h5-6,11H,7,9H2,1-4H3. The van der Waals surface area contributed by atoms with E-state index in [1.54, 1.807) is 11.1 Å². The normalized spacial score (nSPS) is 18.1. The van der Waals surface area contributed by atoms with Crippen LogP contribution in [-0.4, -0.2) is 23.2 Å². The highest BCUT2D eigenvalue weighted by Gasteiger charge is 2.33. The average molecular weight is 273 g/mol. The van der Waals surface area contributed by atoms with E-state index in [0.717, 1.165) is 16.9 Å². The molecule has 2 heterocycles. The van der Waals surface area contributed by atoms with E-state index in [1.165, 1.54) is 0 Å². The zero-order chi connectivity index (χ0) is 14.9. The van der Waals surface area contributed by atoms with Gasteiger partial charge in [0, 0.05) is 19.2 Å². The molecule has 0 aromatic carbocycles. The molecule has 20 heavy (non-hydrogen) atoms. The minimum atomic E-state index is -0.563. The molecule has 5 nitrogen and oxygen atoms in total. The van der Waals surface area contributed by atoms with Crippen molar-refractivity contribution in [1.82, 2.24) is 4.98 Å². The number of carbonyl (C=O) groups is 1. The van der Waals surface area contributed by atoms with Gasteiger partial charge in [-0.3, -0.25) is 9.88 Å². The summed E-state index contributed by atoms with van der Waals surface area (Å²) in [6, 6.07) is 4.09. The predicted octanol–water partition coefficient (Wildman–Crippen LogP) is 2.83. The molecular weight excluding hydrogens is 254 g/mol. The molecule has 0 fully saturated rings. The highest BCUT2D eigenvalue weighted by Crippen LogP contribution is 2.32. The first-order valence-electron chi connectivity index (χ1n) is 6.66. The Morgan fingerprint density at radius 1 is 1.55 bits per heavy atom. The Morgan fingerprint density at radius 3 is 2.85 bits per heavy atom. The number of ether oxygens (including phenoxy) is 1. The van der Waals surface area contributed by atoms with Gasteiger partial charge < -0.3 is 4.74 Å². The number of anilines is 1. The molecule has 1 aromatic heterocycles. The Balaban J connectivity index is 2.39. The summed E-state index contributed by atoms with van der Waals surface area (Å²) >= 11 is 0. The molecular formula is C15H19N3O2. The molecule has 1 unspecified atom stereocenters. The summed E-state index contributed by atoms with van der Waals surface area (Å²) in [7, 11) is 0. The van der Waals surface area contributed by atoms with Crippen LogP contribution in [0.15, 0.2) is 12.3 Å². The first kappa shape index (κ1) is 14.3. The van der Waals surface area contributed by atoms with E-state index in [4.69, 9.17) is 10.00 Å². The fourth-order valence-corrected chi connectivity index (χ4v) is 2.30. The Morgan fingerprint density at radius 2 is 2.25 bits per heavy atom. The van der Waals surface area contributed by atoms with E-state index in [2.05, 4.69) is 11.1 Å². The topological polar surface area (TPSA) is 66.2 Å². The lowest BCUT2D eigenvalue weighted by atomic mass is 9.96. The van der Waals surface area contributed by atoms with Crippen molar-refractivity contribution in [2.45, 2.75) is 39.7 Å². The molecule has 2 rings (SSSR count). The number of aryl methyl sites for hydroxylation is 1. The van der Waals surface area contributed by atoms with Crippen LogP contribution in [-0.2, 0) is 11.2 Å². The second kappa shape index (κ2) is 5.12. The zero-order valence-electron chi connectivity index (χ0n) is 12.3. The summed E-state index contributed by atoms with van der Waals surface area (Å²) in [5.74, 6) is -0.246. The first-order chi connectivity index (χ1) is 9.31. The number of aromatic nitrogens is 1. The molecule has 1 aromatic rings. The summed E-state index contributed by atoms with van der Waals surface area (Å²) < 4.78 is 5.43. The largest absolute Gasteiger partial charge is 0.443 e. The van der Waals surface area contributed by atoms with Crippen LogP contribution in [0.1, 0.15) is 32.0 Å². The fraction of sp³-hybridized carbons (Fsp3) is 0.533. The van der Waals surface area contributed by atoms with Gasteiger partial charge in [-0.15, -0.1) is 0 Å². The summed E-state index contributed by atoms with van der Waals surface area (Å²) in [6.07, 6.45) is 1.86. The van der Waals surface area contributed by atoms with E-state index >= 15 is 0 Å². The number of pyridine rings is 1. The quantitative estimate of drug-likeness (QED) is 0.729. The van der Waals surface area contributed by atoms with Gasteiger partial charge >= 0.3 is 6.09 Å². The van der Waals surface area contributed by atoms with Crippen molar-refractivity contribution in [3.8, 4) is 6.07 Å². The van der Waals surface area contributed by atoms with Crippen LogP contribution in [0.2, 0.25) is 0 Å². The third-order valence-corrected chi connectivity index (χ3v) is 3.11. The van der Waals surface area contributed by atoms with Crippen molar-refractivity contribution in [2.75, 3.05) is 11.4 Å². The molecule has 1 atom stereocenters. The van der Waals surface area contributed by atoms with Gasteiger partial charge in [0.2, 0.25) is 0 Å². The number of rotatable bonds is 0. The minimum Gasteiger partial charge on any atom is -0.443 e. The van der Waals surface area contributed by atoms with Crippen molar-refractivity contribution in [1.29, 1.82) is 5.26 Å². The van der Waals surface area contributed by atoms with Gasteiger partial charge in [0.05, 0.1) is 23.4 Å². The van der Waals surface area contributed by atoms with Crippen LogP contribution in [0, 0.1) is 24.2 Å². The average Bonchev–Trinajstić information content (AvgIpc) is 2.35. The fourth-order valence-electron chi connectivity index (χ4n) is 2.30. The predicted molar refractivity (Wildman–Crippen MR) is 75.4 cm³/mol. The van der Waals surface area contributed by atoms with Crippen molar-refractivity contribution in [3.63, 3.8) is 0 Å². The van der Waals surface area contributed by atoms with E-state index in [1.807, 2.05) is 33.8 Å². The first-order valence-corrected chi connectivity index (χ1v) is 6.66. The lowest BCUT2D eigenvalue weighted by Crippen LogP contribution is -2.43. The molecule has 1 amide bonds. The Labute approximate surface area is 119 Å². The monoisotopic (exact) mass is 273 g/mol. The summed E-state index contributed by atoms with van der Waals surface area (Å²) in [5, 5.41) is 9.16. The second-order valence-corrected chi connectivity index (χ2v) is 6.04. The van der Waals surface area contributed by atoms with Crippen molar-refractivity contribution < 1.29 is 9.53 Å². The zero-order valence-corrected chi connectivity index (χ0v) is 12.3. The van der Waals surface area contributed by atoms with Crippen molar-refractivity contribution >= 4 is 11.8 Å². The van der Waals surface area contributed by atoms with Crippen LogP contribution in [0.4, 0.5) is 10.5 Å². The number of hydrogen-bond donors (Lipinski definition) is 0. The Kier molecular flexibility index (Phi) is 3.67. The molecule has 1 aliphatic heterocycles. The molecule has 0 bridgehead atoms. The van der Waals surface area contributed by atoms with Gasteiger partial charge in [-0.25, -0.2) is 4.79 Å². The highest BCUT2D eigenvalue weighted by atomic mass is 16.6. The minimum absolute atomic E-state index is 0.246. The van der Waals surface area contributed by atoms with Crippen LogP contribution < -0.4 is 4.90 Å². The summed E-state index contributed by atoms with van der Waals surface area (Å²) in [4.78, 5) is 18.2. The SMILES string of the molecule is Cc1ccnc2c1N(C(=O)OC(C)(C)C)CC(C#N)C2. The van der Waals surface area contributed by atoms with E-state index in [0.29, 0.717) is 13.0 Å². The maximum atomic E-state index is 12.4. The van der Waals surface area contributed by atoms with Gasteiger partial charge in [-0.05, 0) is 39.3 Å². The van der Waals surface area contributed by atoms with Gasteiger partial charge in [0.15, 0.2) is 0 Å². The van der Waals surface area contributed by atoms with Crippen molar-refractivity contribution in [2.24, 2.45) is 5.92 Å². The van der Waals surface area contributed by atoms with E-state index < -0.39 is 11.7 Å². The highest BCUT2D eigenvalue weighted by molar-refractivity contribution is 5.90. The van der Waals surface area contributed by atoms with Crippen LogP contribution >= 0.6 is 0 Å². The lowest BCUT2D eigenvalue weighted by Gasteiger charge is -2.33. The third-order valence-electron chi connectivity index (χ3n) is 3.11. The Bertz CT molecular complexity index is 569. The second-order valence-electron chi connectivity index (χ2n) is 6.04. The van der Waals surface area contributed by atoms with Gasteiger partial charge in [0.1, 0.15) is 5.60 Å². The summed E-state index contributed by atoms with van der Waals surface area (Å²) in [6.45, 7) is 7.77. The smallest absolute Gasteiger partial charge is 0.414 e. The van der Waals surface area contributed by atoms with Gasteiger partial charge in [0.25, 0.3) is 0 Å². The number of fused-ring (bicyclic) bond motifs is 1. The molecule has 106 valence electrons. The van der Waals surface area contributed by atoms with Gasteiger partial charge in [-0.2, -0.15) is 5.26 Å². The van der Waals surface area contributed by atoms with E-state index in [-0.39, 0.29) is 5.92 Å². The molecule has 0 radical (unpaired) electrons. The van der Waals surface area contributed by atoms with Crippen LogP contribution in [0.25, 0.3) is 0 Å². The number of nitriles is 1. The van der Waals surface area contributed by atoms with Crippen molar-refractivity contribution in [3.05, 3.63) is 23.5 Å². The van der Waals surface area contributed by atoms with Gasteiger partial charge in [-0.1, -0.05) is 0 Å². The molecule has 5 heteroatoms. The number of nitrogens with zero attached hydrogens (tertiary/aromatic N) is 3. The van der Waals surface area contributed by atoms with E-state index in [9.17, 15) is 4.79 Å². The molecule has 0 N–H and O–H groups in total. The lowest BCUT2D eigenvalue weighted by molar-refractivity contribution is 0.0573. The maximum Gasteiger partial charge on any atom is 0.414 e.